The quantitative estimate of drug-likeness (QED) is 0.450. The molecule has 1 aromatic rings. The molecule has 0 aromatic heterocycles. The molecule has 1 atom stereocenters. The maximum Gasteiger partial charge on any atom is 0.263 e. The van der Waals surface area contributed by atoms with Crippen LogP contribution in [0.15, 0.2) is 0 Å². The smallest absolute Gasteiger partial charge is 0.263 e. The number of nitrogens with one attached hydrogen (secondary N) is 1. The third-order valence-electron chi connectivity index (χ3n) is 3.65. The van der Waals surface area contributed by atoms with Crippen LogP contribution in [0.5, 0.6) is 0 Å². The van der Waals surface area contributed by atoms with Gasteiger partial charge in [0.1, 0.15) is 6.04 Å². The van der Waals surface area contributed by atoms with Crippen LogP contribution in [0.3, 0.4) is 0 Å². The molecular formula is C13H6Cl4N2O4. The van der Waals surface area contributed by atoms with Gasteiger partial charge in [0.2, 0.25) is 11.8 Å². The molecule has 0 spiro atoms. The first-order valence-corrected chi connectivity index (χ1v) is 7.84. The second-order valence-corrected chi connectivity index (χ2v) is 6.46. The third kappa shape index (κ3) is 2.32. The molecule has 0 saturated carbocycles. The Hall–Kier alpha value is -1.34. The number of imide groups is 2. The standard InChI is InChI=1S/C13H6Cl4N2O4/c14-7-5-6(8(15)10(17)9(7)16)13(23)19(12(5)22)3-1-2-4(20)18-11(3)21/h3H,1-2H2,(H,18,20,21)/t3-/m1/s1. The van der Waals surface area contributed by atoms with Crippen molar-refractivity contribution in [2.24, 2.45) is 0 Å². The number of amides is 4. The fraction of sp³-hybridized carbons (Fsp3) is 0.231. The fourth-order valence-electron chi connectivity index (χ4n) is 2.58. The lowest BCUT2D eigenvalue weighted by Gasteiger charge is -2.27. The average molecular weight is 396 g/mol. The van der Waals surface area contributed by atoms with E-state index in [-0.39, 0.29) is 44.1 Å². The van der Waals surface area contributed by atoms with Gasteiger partial charge in [-0.1, -0.05) is 46.4 Å². The van der Waals surface area contributed by atoms with Gasteiger partial charge in [0.05, 0.1) is 31.2 Å². The molecule has 1 saturated heterocycles. The molecule has 23 heavy (non-hydrogen) atoms. The number of halogens is 4. The van der Waals surface area contributed by atoms with Gasteiger partial charge in [-0.2, -0.15) is 0 Å². The first kappa shape index (κ1) is 16.5. The maximum absolute atomic E-state index is 12.6. The van der Waals surface area contributed by atoms with E-state index in [9.17, 15) is 19.2 Å². The van der Waals surface area contributed by atoms with Gasteiger partial charge in [0.15, 0.2) is 0 Å². The van der Waals surface area contributed by atoms with Gasteiger partial charge in [-0.3, -0.25) is 29.4 Å². The van der Waals surface area contributed by atoms with Crippen molar-refractivity contribution >= 4 is 70.0 Å². The number of hydrogen-bond acceptors (Lipinski definition) is 4. The number of carbonyl (C=O) groups excluding carboxylic acids is 4. The van der Waals surface area contributed by atoms with E-state index in [0.29, 0.717) is 0 Å². The molecule has 1 aromatic carbocycles. The summed E-state index contributed by atoms with van der Waals surface area (Å²) in [7, 11) is 0. The molecule has 4 amide bonds. The Labute approximate surface area is 149 Å². The molecule has 10 heteroatoms. The van der Waals surface area contributed by atoms with Gasteiger partial charge < -0.3 is 0 Å². The highest BCUT2D eigenvalue weighted by molar-refractivity contribution is 6.55. The predicted molar refractivity (Wildman–Crippen MR) is 83.2 cm³/mol. The van der Waals surface area contributed by atoms with Gasteiger partial charge in [-0.25, -0.2) is 0 Å². The second kappa shape index (κ2) is 5.63. The number of nitrogens with zero attached hydrogens (tertiary/aromatic N) is 1. The third-order valence-corrected chi connectivity index (χ3v) is 5.46. The fourth-order valence-corrected chi connectivity index (χ4v) is 3.59. The van der Waals surface area contributed by atoms with Crippen molar-refractivity contribution in [2.75, 3.05) is 0 Å². The normalized spacial score (nSPS) is 20.9. The average Bonchev–Trinajstić information content (AvgIpc) is 2.75. The highest BCUT2D eigenvalue weighted by Crippen LogP contribution is 2.45. The summed E-state index contributed by atoms with van der Waals surface area (Å²) >= 11 is 23.8. The molecule has 1 fully saturated rings. The number of benzene rings is 1. The SMILES string of the molecule is O=C1CC[C@@H](N2C(=O)c3c(Cl)c(Cl)c(Cl)c(Cl)c3C2=O)C(=O)N1. The van der Waals surface area contributed by atoms with Crippen LogP contribution in [0.25, 0.3) is 0 Å². The van der Waals surface area contributed by atoms with Gasteiger partial charge in [-0.15, -0.1) is 0 Å². The Bertz CT molecular complexity index is 761. The molecule has 1 N–H and O–H groups in total. The maximum atomic E-state index is 12.6. The summed E-state index contributed by atoms with van der Waals surface area (Å²) in [4.78, 5) is 49.0. The van der Waals surface area contributed by atoms with E-state index in [1.807, 2.05) is 0 Å². The van der Waals surface area contributed by atoms with E-state index in [4.69, 9.17) is 46.4 Å². The number of rotatable bonds is 1. The van der Waals surface area contributed by atoms with Crippen molar-refractivity contribution in [3.63, 3.8) is 0 Å². The Morgan fingerprint density at radius 3 is 1.74 bits per heavy atom. The van der Waals surface area contributed by atoms with Crippen LogP contribution in [-0.4, -0.2) is 34.6 Å². The number of piperidine rings is 1. The minimum Gasteiger partial charge on any atom is -0.295 e. The monoisotopic (exact) mass is 394 g/mol. The van der Waals surface area contributed by atoms with Crippen molar-refractivity contribution in [1.82, 2.24) is 10.2 Å². The van der Waals surface area contributed by atoms with E-state index in [0.717, 1.165) is 4.90 Å². The Morgan fingerprint density at radius 2 is 1.30 bits per heavy atom. The van der Waals surface area contributed by atoms with Crippen LogP contribution in [0.2, 0.25) is 20.1 Å². The van der Waals surface area contributed by atoms with Crippen molar-refractivity contribution in [2.45, 2.75) is 18.9 Å². The second-order valence-electron chi connectivity index (χ2n) is 4.95. The molecule has 3 rings (SSSR count). The van der Waals surface area contributed by atoms with E-state index < -0.39 is 29.7 Å². The van der Waals surface area contributed by atoms with Gasteiger partial charge in [0, 0.05) is 6.42 Å². The van der Waals surface area contributed by atoms with E-state index >= 15 is 0 Å². The molecule has 120 valence electrons. The summed E-state index contributed by atoms with van der Waals surface area (Å²) < 4.78 is 0. The lowest BCUT2D eigenvalue weighted by atomic mass is 10.0. The molecule has 0 aliphatic carbocycles. The van der Waals surface area contributed by atoms with Crippen molar-refractivity contribution in [3.05, 3.63) is 31.2 Å². The summed E-state index contributed by atoms with van der Waals surface area (Å²) in [5.41, 5.74) is -0.387. The zero-order valence-electron chi connectivity index (χ0n) is 11.1. The van der Waals surface area contributed by atoms with Crippen molar-refractivity contribution in [1.29, 1.82) is 0 Å². The topological polar surface area (TPSA) is 83.6 Å². The van der Waals surface area contributed by atoms with Crippen LogP contribution < -0.4 is 5.32 Å². The summed E-state index contributed by atoms with van der Waals surface area (Å²) in [5.74, 6) is -2.81. The summed E-state index contributed by atoms with van der Waals surface area (Å²) in [6.07, 6.45) is 0.0274. The van der Waals surface area contributed by atoms with E-state index in [2.05, 4.69) is 5.32 Å². The number of fused-ring (bicyclic) bond motifs is 1. The highest BCUT2D eigenvalue weighted by atomic mass is 35.5. The van der Waals surface area contributed by atoms with Crippen LogP contribution in [-0.2, 0) is 9.59 Å². The van der Waals surface area contributed by atoms with Crippen LogP contribution in [0.1, 0.15) is 33.6 Å². The summed E-state index contributed by atoms with van der Waals surface area (Å²) in [6.45, 7) is 0. The van der Waals surface area contributed by atoms with Crippen molar-refractivity contribution in [3.8, 4) is 0 Å². The largest absolute Gasteiger partial charge is 0.295 e. The van der Waals surface area contributed by atoms with Gasteiger partial charge >= 0.3 is 0 Å². The first-order chi connectivity index (χ1) is 10.8. The number of carbonyl (C=O) groups is 4. The van der Waals surface area contributed by atoms with Crippen molar-refractivity contribution < 1.29 is 19.2 Å². The first-order valence-electron chi connectivity index (χ1n) is 6.33. The Morgan fingerprint density at radius 1 is 0.826 bits per heavy atom. The molecule has 2 aliphatic heterocycles. The summed E-state index contributed by atoms with van der Waals surface area (Å²) in [5, 5.41) is 1.38. The number of hydrogen-bond donors (Lipinski definition) is 1. The molecule has 0 radical (unpaired) electrons. The Kier molecular flexibility index (Phi) is 4.04. The van der Waals surface area contributed by atoms with E-state index in [1.54, 1.807) is 0 Å². The molecule has 6 nitrogen and oxygen atoms in total. The highest BCUT2D eigenvalue weighted by Gasteiger charge is 2.47. The molecule has 0 unspecified atom stereocenters. The zero-order chi connectivity index (χ0) is 17.0. The predicted octanol–water partition coefficient (Wildman–Crippen LogP) is 2.70. The minimum atomic E-state index is -1.12. The summed E-state index contributed by atoms with van der Waals surface area (Å²) in [6, 6.07) is -1.12. The Balaban J connectivity index is 2.12. The minimum absolute atomic E-state index is 0.00673. The van der Waals surface area contributed by atoms with E-state index in [1.165, 1.54) is 0 Å². The van der Waals surface area contributed by atoms with Crippen LogP contribution >= 0.6 is 46.4 Å². The lowest BCUT2D eigenvalue weighted by Crippen LogP contribution is -2.54. The molecule has 2 aliphatic rings. The van der Waals surface area contributed by atoms with Crippen LogP contribution in [0, 0.1) is 0 Å². The van der Waals surface area contributed by atoms with Gasteiger partial charge in [0.25, 0.3) is 11.8 Å². The molecular weight excluding hydrogens is 390 g/mol. The van der Waals surface area contributed by atoms with Crippen LogP contribution in [0.4, 0.5) is 0 Å². The lowest BCUT2D eigenvalue weighted by molar-refractivity contribution is -0.136. The molecule has 2 heterocycles. The molecule has 0 bridgehead atoms. The zero-order valence-corrected chi connectivity index (χ0v) is 14.1. The van der Waals surface area contributed by atoms with Gasteiger partial charge in [-0.05, 0) is 6.42 Å².